The molecular formula is C48H30N2O. The highest BCUT2D eigenvalue weighted by molar-refractivity contribution is 6.12. The number of furan rings is 1. The molecule has 51 heavy (non-hydrogen) atoms. The average molecular weight is 651 g/mol. The molecule has 2 heterocycles. The van der Waals surface area contributed by atoms with Gasteiger partial charge in [0, 0.05) is 27.5 Å². The van der Waals surface area contributed by atoms with E-state index >= 15 is 0 Å². The zero-order chi connectivity index (χ0) is 33.7. The Hall–Kier alpha value is -6.84. The minimum absolute atomic E-state index is 0.662. The molecule has 0 fully saturated rings. The van der Waals surface area contributed by atoms with Crippen LogP contribution in [0.5, 0.6) is 0 Å². The van der Waals surface area contributed by atoms with E-state index in [0.29, 0.717) is 5.82 Å². The van der Waals surface area contributed by atoms with Gasteiger partial charge >= 0.3 is 0 Å². The SMILES string of the molecule is c1ccc(-c2ccc3c(c2)oc2cccc(-c4nc(-c5ccc(-c6ccc7ccccc7c6)cc5)cc(-c5ccc6ccccc6c5)n4)c23)cc1. The van der Waals surface area contributed by atoms with Crippen molar-refractivity contribution in [2.45, 2.75) is 0 Å². The van der Waals surface area contributed by atoms with Crippen molar-refractivity contribution in [1.29, 1.82) is 0 Å². The van der Waals surface area contributed by atoms with Crippen LogP contribution >= 0.6 is 0 Å². The first-order valence-electron chi connectivity index (χ1n) is 17.2. The van der Waals surface area contributed by atoms with E-state index in [0.717, 1.165) is 66.7 Å². The van der Waals surface area contributed by atoms with E-state index < -0.39 is 0 Å². The molecule has 0 atom stereocenters. The van der Waals surface area contributed by atoms with Crippen LogP contribution in [0.3, 0.4) is 0 Å². The quantitative estimate of drug-likeness (QED) is 0.186. The van der Waals surface area contributed by atoms with Crippen LogP contribution in [0.25, 0.3) is 99.6 Å². The first kappa shape index (κ1) is 29.1. The van der Waals surface area contributed by atoms with Gasteiger partial charge in [0.05, 0.1) is 11.4 Å². The second kappa shape index (κ2) is 11.9. The summed E-state index contributed by atoms with van der Waals surface area (Å²) in [5, 5.41) is 6.90. The normalized spacial score (nSPS) is 11.5. The molecule has 238 valence electrons. The van der Waals surface area contributed by atoms with Gasteiger partial charge in [-0.3, -0.25) is 0 Å². The van der Waals surface area contributed by atoms with Crippen LogP contribution in [0.1, 0.15) is 0 Å². The van der Waals surface area contributed by atoms with E-state index in [-0.39, 0.29) is 0 Å². The summed E-state index contributed by atoms with van der Waals surface area (Å²) in [7, 11) is 0. The molecule has 0 N–H and O–H groups in total. The van der Waals surface area contributed by atoms with Gasteiger partial charge in [0.15, 0.2) is 5.82 Å². The van der Waals surface area contributed by atoms with E-state index in [4.69, 9.17) is 14.4 Å². The topological polar surface area (TPSA) is 38.9 Å². The highest BCUT2D eigenvalue weighted by Gasteiger charge is 2.18. The van der Waals surface area contributed by atoms with Crippen LogP contribution in [-0.4, -0.2) is 9.97 Å². The third-order valence-electron chi connectivity index (χ3n) is 9.88. The van der Waals surface area contributed by atoms with Gasteiger partial charge in [-0.25, -0.2) is 9.97 Å². The second-order valence-electron chi connectivity index (χ2n) is 13.0. The van der Waals surface area contributed by atoms with E-state index in [1.165, 1.54) is 27.1 Å². The summed E-state index contributed by atoms with van der Waals surface area (Å²) in [4.78, 5) is 10.5. The van der Waals surface area contributed by atoms with Crippen LogP contribution < -0.4 is 0 Å². The summed E-state index contributed by atoms with van der Waals surface area (Å²) >= 11 is 0. The Bertz CT molecular complexity index is 2910. The number of fused-ring (bicyclic) bond motifs is 5. The lowest BCUT2D eigenvalue weighted by molar-refractivity contribution is 0.669. The van der Waals surface area contributed by atoms with Crippen molar-refractivity contribution >= 4 is 43.5 Å². The summed E-state index contributed by atoms with van der Waals surface area (Å²) in [6.07, 6.45) is 0. The lowest BCUT2D eigenvalue weighted by Crippen LogP contribution is -1.96. The molecule has 3 nitrogen and oxygen atoms in total. The predicted octanol–water partition coefficient (Wildman–Crippen LogP) is 13.0. The first-order chi connectivity index (χ1) is 25.2. The maximum absolute atomic E-state index is 6.48. The fourth-order valence-corrected chi connectivity index (χ4v) is 7.24. The van der Waals surface area contributed by atoms with Crippen LogP contribution in [0, 0.1) is 0 Å². The molecule has 0 aliphatic heterocycles. The van der Waals surface area contributed by atoms with Crippen molar-refractivity contribution in [1.82, 2.24) is 9.97 Å². The van der Waals surface area contributed by atoms with Crippen molar-refractivity contribution in [2.24, 2.45) is 0 Å². The number of rotatable bonds is 5. The van der Waals surface area contributed by atoms with Crippen LogP contribution in [0.15, 0.2) is 186 Å². The molecule has 0 amide bonds. The Kier molecular flexibility index (Phi) is 6.81. The standard InChI is InChI=1S/C48H30N2O/c1-2-9-31(10-3-1)39-25-26-41-46(29-39)51-45-16-8-15-42(47(41)45)48-49-43(30-44(50-48)40-24-20-33-12-5-7-14-37(33)28-40)35-21-17-34(18-22-35)38-23-19-32-11-4-6-13-36(32)27-38/h1-30H. The largest absolute Gasteiger partial charge is 0.456 e. The van der Waals surface area contributed by atoms with Gasteiger partial charge in [0.25, 0.3) is 0 Å². The maximum atomic E-state index is 6.48. The Balaban J connectivity index is 1.13. The minimum Gasteiger partial charge on any atom is -0.456 e. The monoisotopic (exact) mass is 650 g/mol. The van der Waals surface area contributed by atoms with E-state index in [1.54, 1.807) is 0 Å². The average Bonchev–Trinajstić information content (AvgIpc) is 3.59. The van der Waals surface area contributed by atoms with Crippen molar-refractivity contribution in [3.8, 4) is 56.2 Å². The molecule has 0 saturated carbocycles. The van der Waals surface area contributed by atoms with Gasteiger partial charge in [-0.15, -0.1) is 0 Å². The smallest absolute Gasteiger partial charge is 0.161 e. The van der Waals surface area contributed by atoms with Gasteiger partial charge in [-0.1, -0.05) is 146 Å². The van der Waals surface area contributed by atoms with Gasteiger partial charge in [0.1, 0.15) is 11.2 Å². The number of aromatic nitrogens is 2. The molecule has 0 spiro atoms. The van der Waals surface area contributed by atoms with E-state index in [1.807, 2.05) is 18.2 Å². The van der Waals surface area contributed by atoms with Crippen molar-refractivity contribution in [3.05, 3.63) is 182 Å². The summed E-state index contributed by atoms with van der Waals surface area (Å²) in [6.45, 7) is 0. The van der Waals surface area contributed by atoms with Crippen molar-refractivity contribution in [2.75, 3.05) is 0 Å². The van der Waals surface area contributed by atoms with Gasteiger partial charge < -0.3 is 4.42 Å². The third kappa shape index (κ3) is 5.24. The minimum atomic E-state index is 0.662. The highest BCUT2D eigenvalue weighted by atomic mass is 16.3. The maximum Gasteiger partial charge on any atom is 0.161 e. The molecule has 8 aromatic carbocycles. The van der Waals surface area contributed by atoms with Crippen LogP contribution in [-0.2, 0) is 0 Å². The Morgan fingerprint density at radius 2 is 0.882 bits per heavy atom. The Morgan fingerprint density at radius 3 is 1.63 bits per heavy atom. The lowest BCUT2D eigenvalue weighted by Gasteiger charge is -2.11. The Labute approximate surface area is 295 Å². The predicted molar refractivity (Wildman–Crippen MR) is 212 cm³/mol. The molecule has 0 radical (unpaired) electrons. The number of benzene rings is 8. The molecule has 10 rings (SSSR count). The molecule has 0 aliphatic rings. The molecule has 0 unspecified atom stereocenters. The van der Waals surface area contributed by atoms with Gasteiger partial charge in [-0.05, 0) is 80.2 Å². The lowest BCUT2D eigenvalue weighted by atomic mass is 9.98. The van der Waals surface area contributed by atoms with Crippen molar-refractivity contribution < 1.29 is 4.42 Å². The van der Waals surface area contributed by atoms with Crippen molar-refractivity contribution in [3.63, 3.8) is 0 Å². The third-order valence-corrected chi connectivity index (χ3v) is 9.88. The summed E-state index contributed by atoms with van der Waals surface area (Å²) in [6, 6.07) is 63.9. The molecule has 3 heteroatoms. The summed E-state index contributed by atoms with van der Waals surface area (Å²) in [5.41, 5.74) is 11.0. The fraction of sp³-hybridized carbons (Fsp3) is 0. The van der Waals surface area contributed by atoms with E-state index in [9.17, 15) is 0 Å². The zero-order valence-corrected chi connectivity index (χ0v) is 27.6. The molecule has 2 aromatic heterocycles. The van der Waals surface area contributed by atoms with Crippen LogP contribution in [0.2, 0.25) is 0 Å². The fourth-order valence-electron chi connectivity index (χ4n) is 7.24. The molecule has 0 saturated heterocycles. The van der Waals surface area contributed by atoms with Crippen LogP contribution in [0.4, 0.5) is 0 Å². The Morgan fingerprint density at radius 1 is 0.333 bits per heavy atom. The van der Waals surface area contributed by atoms with Gasteiger partial charge in [0.2, 0.25) is 0 Å². The second-order valence-corrected chi connectivity index (χ2v) is 13.0. The molecular weight excluding hydrogens is 621 g/mol. The zero-order valence-electron chi connectivity index (χ0n) is 27.6. The number of hydrogen-bond acceptors (Lipinski definition) is 3. The molecule has 0 aliphatic carbocycles. The summed E-state index contributed by atoms with van der Waals surface area (Å²) < 4.78 is 6.48. The summed E-state index contributed by atoms with van der Waals surface area (Å²) in [5.74, 6) is 0.662. The van der Waals surface area contributed by atoms with Gasteiger partial charge in [-0.2, -0.15) is 0 Å². The van der Waals surface area contributed by atoms with E-state index in [2.05, 4.69) is 164 Å². The first-order valence-corrected chi connectivity index (χ1v) is 17.2. The number of hydrogen-bond donors (Lipinski definition) is 0. The highest BCUT2D eigenvalue weighted by Crippen LogP contribution is 2.39. The molecule has 0 bridgehead atoms. The number of nitrogens with zero attached hydrogens (tertiary/aromatic N) is 2. The molecule has 10 aromatic rings.